The molecule has 2 N–H and O–H groups in total. The van der Waals surface area contributed by atoms with E-state index in [1.54, 1.807) is 48.5 Å². The van der Waals surface area contributed by atoms with Crippen LogP contribution in [0.15, 0.2) is 54.6 Å². The summed E-state index contributed by atoms with van der Waals surface area (Å²) in [5, 5.41) is 0. The highest BCUT2D eigenvalue weighted by Crippen LogP contribution is 2.26. The Kier molecular flexibility index (Phi) is 6.72. The number of carbonyl (C=O) groups excluding carboxylic acids is 5. The maximum atomic E-state index is 13.1. The molecule has 2 aromatic rings. The number of fused-ring (bicyclic) bond motifs is 1. The van der Waals surface area contributed by atoms with E-state index in [-0.39, 0.29) is 29.4 Å². The van der Waals surface area contributed by atoms with Crippen LogP contribution < -0.4 is 5.73 Å². The monoisotopic (exact) mass is 463 g/mol. The zero-order chi connectivity index (χ0) is 24.2. The van der Waals surface area contributed by atoms with Crippen LogP contribution in [0.2, 0.25) is 0 Å². The number of rotatable bonds is 7. The molecular weight excluding hydrogens is 438 g/mol. The molecule has 34 heavy (non-hydrogen) atoms. The first kappa shape index (κ1) is 23.2. The Bertz CT molecular complexity index is 1090. The third-order valence-electron chi connectivity index (χ3n) is 6.27. The van der Waals surface area contributed by atoms with E-state index < -0.39 is 36.3 Å². The largest absolute Gasteiger partial charge is 0.454 e. The predicted molar refractivity (Wildman–Crippen MR) is 120 cm³/mol. The number of primary amides is 1. The van der Waals surface area contributed by atoms with Crippen molar-refractivity contribution in [1.82, 2.24) is 9.80 Å². The van der Waals surface area contributed by atoms with Gasteiger partial charge in [0.2, 0.25) is 5.91 Å². The molecule has 0 radical (unpaired) electrons. The van der Waals surface area contributed by atoms with Gasteiger partial charge in [-0.25, -0.2) is 4.79 Å². The molecule has 2 aliphatic rings. The second-order valence-electron chi connectivity index (χ2n) is 8.40. The van der Waals surface area contributed by atoms with Crippen LogP contribution in [0, 0.1) is 5.92 Å². The summed E-state index contributed by atoms with van der Waals surface area (Å²) in [6.07, 6.45) is 0.977. The first-order valence-corrected chi connectivity index (χ1v) is 11.1. The van der Waals surface area contributed by atoms with Gasteiger partial charge in [-0.15, -0.1) is 0 Å². The van der Waals surface area contributed by atoms with E-state index in [1.165, 1.54) is 4.90 Å². The maximum Gasteiger partial charge on any atom is 0.330 e. The molecule has 4 rings (SSSR count). The van der Waals surface area contributed by atoms with Crippen molar-refractivity contribution >= 4 is 29.6 Å². The number of benzene rings is 2. The third-order valence-corrected chi connectivity index (χ3v) is 6.27. The second kappa shape index (κ2) is 9.86. The Hall–Kier alpha value is -4.01. The predicted octanol–water partition coefficient (Wildman–Crippen LogP) is 1.16. The summed E-state index contributed by atoms with van der Waals surface area (Å²) in [4.78, 5) is 65.4. The number of esters is 1. The summed E-state index contributed by atoms with van der Waals surface area (Å²) < 4.78 is 5.31. The lowest BCUT2D eigenvalue weighted by atomic mass is 9.96. The van der Waals surface area contributed by atoms with Gasteiger partial charge in [-0.1, -0.05) is 42.5 Å². The molecular formula is C25H25N3O6. The molecule has 0 saturated carbocycles. The summed E-state index contributed by atoms with van der Waals surface area (Å²) >= 11 is 0. The molecule has 0 spiro atoms. The van der Waals surface area contributed by atoms with Gasteiger partial charge in [-0.05, 0) is 30.5 Å². The van der Waals surface area contributed by atoms with Crippen LogP contribution in [0.5, 0.6) is 0 Å². The summed E-state index contributed by atoms with van der Waals surface area (Å²) in [5.41, 5.74) is 6.52. The van der Waals surface area contributed by atoms with Gasteiger partial charge in [0.15, 0.2) is 6.61 Å². The van der Waals surface area contributed by atoms with Crippen molar-refractivity contribution in [3.05, 3.63) is 71.3 Å². The molecule has 2 heterocycles. The average molecular weight is 463 g/mol. The van der Waals surface area contributed by atoms with Crippen LogP contribution in [-0.2, 0) is 25.5 Å². The molecule has 176 valence electrons. The lowest BCUT2D eigenvalue weighted by Gasteiger charge is -2.30. The van der Waals surface area contributed by atoms with Crippen LogP contribution in [-0.4, -0.2) is 65.1 Å². The van der Waals surface area contributed by atoms with E-state index in [0.29, 0.717) is 25.9 Å². The fraction of sp³-hybridized carbons (Fsp3) is 0.320. The van der Waals surface area contributed by atoms with Gasteiger partial charge < -0.3 is 15.4 Å². The Labute approximate surface area is 196 Å². The highest BCUT2D eigenvalue weighted by atomic mass is 16.5. The first-order valence-electron chi connectivity index (χ1n) is 11.1. The number of amides is 4. The molecule has 0 aromatic heterocycles. The number of imide groups is 1. The molecule has 1 fully saturated rings. The molecule has 2 aromatic carbocycles. The molecule has 0 aliphatic carbocycles. The van der Waals surface area contributed by atoms with E-state index in [0.717, 1.165) is 10.5 Å². The van der Waals surface area contributed by atoms with E-state index in [9.17, 15) is 24.0 Å². The van der Waals surface area contributed by atoms with Gasteiger partial charge in [0.1, 0.15) is 6.04 Å². The Balaban J connectivity index is 1.47. The standard InChI is InChI=1S/C25H25N3O6/c26-22(30)17-10-12-27(13-11-17)21(29)15-34-25(33)20(14-16-6-2-1-3-7-16)28-23(31)18-8-4-5-9-19(18)24(28)32/h1-9,17,20H,10-15H2,(H2,26,30). The van der Waals surface area contributed by atoms with Crippen molar-refractivity contribution in [3.63, 3.8) is 0 Å². The summed E-state index contributed by atoms with van der Waals surface area (Å²) in [5.74, 6) is -3.04. The number of nitrogens with zero attached hydrogens (tertiary/aromatic N) is 2. The molecule has 9 nitrogen and oxygen atoms in total. The zero-order valence-corrected chi connectivity index (χ0v) is 18.5. The molecule has 2 aliphatic heterocycles. The fourth-order valence-corrected chi connectivity index (χ4v) is 4.34. The van der Waals surface area contributed by atoms with Crippen LogP contribution in [0.3, 0.4) is 0 Å². The van der Waals surface area contributed by atoms with Crippen molar-refractivity contribution in [3.8, 4) is 0 Å². The van der Waals surface area contributed by atoms with Crippen molar-refractivity contribution < 1.29 is 28.7 Å². The SMILES string of the molecule is NC(=O)C1CCN(C(=O)COC(=O)C(Cc2ccccc2)N2C(=O)c3ccccc3C2=O)CC1. The minimum Gasteiger partial charge on any atom is -0.454 e. The number of hydrogen-bond acceptors (Lipinski definition) is 6. The number of ether oxygens (including phenoxy) is 1. The number of nitrogens with two attached hydrogens (primary N) is 1. The van der Waals surface area contributed by atoms with Gasteiger partial charge in [0.25, 0.3) is 17.7 Å². The van der Waals surface area contributed by atoms with Crippen LogP contribution in [0.25, 0.3) is 0 Å². The minimum absolute atomic E-state index is 0.0589. The van der Waals surface area contributed by atoms with Crippen molar-refractivity contribution in [2.24, 2.45) is 11.7 Å². The van der Waals surface area contributed by atoms with Crippen molar-refractivity contribution in [1.29, 1.82) is 0 Å². The van der Waals surface area contributed by atoms with E-state index in [2.05, 4.69) is 0 Å². The minimum atomic E-state index is -1.22. The quantitative estimate of drug-likeness (QED) is 0.485. The Morgan fingerprint density at radius 3 is 2.03 bits per heavy atom. The number of carbonyl (C=O) groups is 5. The Morgan fingerprint density at radius 1 is 0.912 bits per heavy atom. The topological polar surface area (TPSA) is 127 Å². The summed E-state index contributed by atoms with van der Waals surface area (Å²) in [6.45, 7) is 0.167. The van der Waals surface area contributed by atoms with Crippen molar-refractivity contribution in [2.45, 2.75) is 25.3 Å². The van der Waals surface area contributed by atoms with Crippen LogP contribution >= 0.6 is 0 Å². The van der Waals surface area contributed by atoms with Gasteiger partial charge >= 0.3 is 5.97 Å². The summed E-state index contributed by atoms with van der Waals surface area (Å²) in [6, 6.07) is 14.1. The van der Waals surface area contributed by atoms with E-state index >= 15 is 0 Å². The first-order chi connectivity index (χ1) is 16.4. The molecule has 0 bridgehead atoms. The van der Waals surface area contributed by atoms with E-state index in [4.69, 9.17) is 10.5 Å². The van der Waals surface area contributed by atoms with Crippen molar-refractivity contribution in [2.75, 3.05) is 19.7 Å². The third kappa shape index (κ3) is 4.68. The number of likely N-dealkylation sites (tertiary alicyclic amines) is 1. The number of hydrogen-bond donors (Lipinski definition) is 1. The second-order valence-corrected chi connectivity index (χ2v) is 8.40. The smallest absolute Gasteiger partial charge is 0.330 e. The van der Waals surface area contributed by atoms with Gasteiger partial charge in [-0.3, -0.25) is 24.1 Å². The highest BCUT2D eigenvalue weighted by molar-refractivity contribution is 6.22. The molecule has 4 amide bonds. The molecule has 9 heteroatoms. The number of piperidine rings is 1. The summed E-state index contributed by atoms with van der Waals surface area (Å²) in [7, 11) is 0. The lowest BCUT2D eigenvalue weighted by Crippen LogP contribution is -2.48. The normalized spacial score (nSPS) is 16.8. The maximum absolute atomic E-state index is 13.1. The molecule has 1 unspecified atom stereocenters. The highest BCUT2D eigenvalue weighted by Gasteiger charge is 2.43. The van der Waals surface area contributed by atoms with Gasteiger partial charge in [-0.2, -0.15) is 0 Å². The Morgan fingerprint density at radius 2 is 1.47 bits per heavy atom. The van der Waals surface area contributed by atoms with Gasteiger partial charge in [0, 0.05) is 25.4 Å². The zero-order valence-electron chi connectivity index (χ0n) is 18.5. The molecule has 1 saturated heterocycles. The molecule has 1 atom stereocenters. The lowest BCUT2D eigenvalue weighted by molar-refractivity contribution is -0.155. The fourth-order valence-electron chi connectivity index (χ4n) is 4.34. The van der Waals surface area contributed by atoms with Crippen LogP contribution in [0.4, 0.5) is 0 Å². The van der Waals surface area contributed by atoms with Crippen LogP contribution in [0.1, 0.15) is 39.1 Å². The van der Waals surface area contributed by atoms with Gasteiger partial charge in [0.05, 0.1) is 11.1 Å². The van der Waals surface area contributed by atoms with E-state index in [1.807, 2.05) is 6.07 Å². The average Bonchev–Trinajstić information content (AvgIpc) is 3.11.